The Morgan fingerprint density at radius 3 is 1.92 bits per heavy atom. The lowest BCUT2D eigenvalue weighted by Crippen LogP contribution is -2.05. The summed E-state index contributed by atoms with van der Waals surface area (Å²) in [5.41, 5.74) is 7.10. The predicted molar refractivity (Wildman–Crippen MR) is 90.6 cm³/mol. The lowest BCUT2D eigenvalue weighted by Gasteiger charge is -2.11. The van der Waals surface area contributed by atoms with E-state index < -0.39 is 25.1 Å². The van der Waals surface area contributed by atoms with Crippen molar-refractivity contribution in [3.8, 4) is 0 Å². The highest BCUT2D eigenvalue weighted by molar-refractivity contribution is 7.86. The van der Waals surface area contributed by atoms with E-state index >= 15 is 0 Å². The molecule has 134 valence electrons. The maximum atomic E-state index is 11.4. The summed E-state index contributed by atoms with van der Waals surface area (Å²) in [5.74, 6) is 0. The molecule has 0 aliphatic rings. The molecular weight excluding hydrogens is 370 g/mol. The molecule has 0 spiro atoms. The molecule has 11 heteroatoms. The Labute approximate surface area is 144 Å². The number of nitrogen functional groups attached to an aromatic ring is 1. The van der Waals surface area contributed by atoms with Crippen molar-refractivity contribution >= 4 is 37.3 Å². The van der Waals surface area contributed by atoms with Crippen LogP contribution in [-0.4, -0.2) is 25.9 Å². The highest BCUT2D eigenvalue weighted by atomic mass is 32.2. The van der Waals surface area contributed by atoms with Crippen LogP contribution in [0.5, 0.6) is 0 Å². The molecule has 0 saturated heterocycles. The minimum atomic E-state index is -4.52. The summed E-state index contributed by atoms with van der Waals surface area (Å²) >= 11 is 0. The van der Waals surface area contributed by atoms with Gasteiger partial charge >= 0.3 is 0 Å². The number of anilines is 1. The van der Waals surface area contributed by atoms with Gasteiger partial charge in [0.15, 0.2) is 0 Å². The van der Waals surface area contributed by atoms with Crippen LogP contribution in [0.25, 0.3) is 0 Å². The Morgan fingerprint density at radius 1 is 0.880 bits per heavy atom. The summed E-state index contributed by atoms with van der Waals surface area (Å²) in [7, 11) is -8.83. The number of nitrogens with zero attached hydrogens (tertiary/aromatic N) is 2. The van der Waals surface area contributed by atoms with Crippen molar-refractivity contribution in [3.63, 3.8) is 0 Å². The Hall–Kier alpha value is -2.34. The first-order valence-electron chi connectivity index (χ1n) is 6.77. The van der Waals surface area contributed by atoms with Gasteiger partial charge in [-0.2, -0.15) is 27.1 Å². The standard InChI is InChI=1S/C14H15N3O6S2/c1-8-9(2)14(15)13(25(21,22)23)7-12(8)17-16-10-3-5-11(6-4-10)24(18,19)20/h3-7H,15H2,1-2H3,(H,18,19,20)(H,21,22,23)/b17-16+. The summed E-state index contributed by atoms with van der Waals surface area (Å²) in [6, 6.07) is 6.03. The molecule has 0 aliphatic carbocycles. The second-order valence-corrected chi connectivity index (χ2v) is 8.01. The Kier molecular flexibility index (Phi) is 4.95. The summed E-state index contributed by atoms with van der Waals surface area (Å²) in [6.07, 6.45) is 0. The van der Waals surface area contributed by atoms with Crippen LogP contribution in [0.1, 0.15) is 11.1 Å². The topological polar surface area (TPSA) is 159 Å². The van der Waals surface area contributed by atoms with E-state index in [1.807, 2.05) is 0 Å². The molecule has 0 aliphatic heterocycles. The second-order valence-electron chi connectivity index (χ2n) is 5.20. The molecule has 0 bridgehead atoms. The summed E-state index contributed by atoms with van der Waals surface area (Å²) in [6.45, 7) is 3.24. The predicted octanol–water partition coefficient (Wildman–Crippen LogP) is 2.79. The number of rotatable bonds is 4. The highest BCUT2D eigenvalue weighted by Gasteiger charge is 2.19. The number of hydrogen-bond acceptors (Lipinski definition) is 7. The van der Waals surface area contributed by atoms with Gasteiger partial charge in [-0.15, -0.1) is 0 Å². The normalized spacial score (nSPS) is 12.6. The molecule has 2 aromatic carbocycles. The van der Waals surface area contributed by atoms with Crippen LogP contribution in [0.4, 0.5) is 17.1 Å². The van der Waals surface area contributed by atoms with E-state index in [2.05, 4.69) is 10.2 Å². The van der Waals surface area contributed by atoms with Crippen molar-refractivity contribution in [1.82, 2.24) is 0 Å². The SMILES string of the molecule is Cc1c(/N=N/c2ccc(S(=O)(=O)O)cc2)cc(S(=O)(=O)O)c(N)c1C. The molecule has 0 saturated carbocycles. The fourth-order valence-electron chi connectivity index (χ4n) is 2.00. The summed E-state index contributed by atoms with van der Waals surface area (Å²) < 4.78 is 62.9. The Balaban J connectivity index is 2.47. The summed E-state index contributed by atoms with van der Waals surface area (Å²) in [4.78, 5) is -0.758. The third-order valence-electron chi connectivity index (χ3n) is 3.57. The minimum Gasteiger partial charge on any atom is -0.397 e. The van der Waals surface area contributed by atoms with Crippen LogP contribution in [0.2, 0.25) is 0 Å². The molecule has 0 amide bonds. The van der Waals surface area contributed by atoms with Crippen LogP contribution in [0.15, 0.2) is 50.4 Å². The fraction of sp³-hybridized carbons (Fsp3) is 0.143. The smallest absolute Gasteiger partial charge is 0.296 e. The highest BCUT2D eigenvalue weighted by Crippen LogP contribution is 2.33. The van der Waals surface area contributed by atoms with E-state index in [1.54, 1.807) is 13.8 Å². The van der Waals surface area contributed by atoms with Crippen LogP contribution in [0.3, 0.4) is 0 Å². The number of benzene rings is 2. The first kappa shape index (κ1) is 19.0. The molecule has 4 N–H and O–H groups in total. The maximum absolute atomic E-state index is 11.4. The van der Waals surface area contributed by atoms with Gasteiger partial charge in [-0.25, -0.2) is 0 Å². The molecule has 2 rings (SSSR count). The van der Waals surface area contributed by atoms with E-state index in [1.165, 1.54) is 12.1 Å². The van der Waals surface area contributed by atoms with E-state index in [9.17, 15) is 21.4 Å². The van der Waals surface area contributed by atoms with Crippen molar-refractivity contribution in [2.24, 2.45) is 10.2 Å². The molecule has 0 fully saturated rings. The van der Waals surface area contributed by atoms with Crippen LogP contribution in [-0.2, 0) is 20.2 Å². The largest absolute Gasteiger partial charge is 0.397 e. The zero-order chi connectivity index (χ0) is 19.0. The van der Waals surface area contributed by atoms with Gasteiger partial charge in [0.2, 0.25) is 0 Å². The average Bonchev–Trinajstić information content (AvgIpc) is 2.50. The molecule has 0 heterocycles. The van der Waals surface area contributed by atoms with Gasteiger partial charge in [0.1, 0.15) is 4.90 Å². The maximum Gasteiger partial charge on any atom is 0.296 e. The van der Waals surface area contributed by atoms with Crippen LogP contribution in [0, 0.1) is 13.8 Å². The van der Waals surface area contributed by atoms with Crippen molar-refractivity contribution in [3.05, 3.63) is 41.5 Å². The number of hydrogen-bond donors (Lipinski definition) is 3. The molecule has 2 aromatic rings. The van der Waals surface area contributed by atoms with Crippen LogP contribution < -0.4 is 5.73 Å². The lowest BCUT2D eigenvalue weighted by atomic mass is 10.1. The van der Waals surface area contributed by atoms with Crippen molar-refractivity contribution in [2.75, 3.05) is 5.73 Å². The van der Waals surface area contributed by atoms with E-state index in [-0.39, 0.29) is 22.0 Å². The van der Waals surface area contributed by atoms with Gasteiger partial charge < -0.3 is 5.73 Å². The molecule has 9 nitrogen and oxygen atoms in total. The molecule has 25 heavy (non-hydrogen) atoms. The van der Waals surface area contributed by atoms with E-state index in [4.69, 9.17) is 10.3 Å². The van der Waals surface area contributed by atoms with E-state index in [0.717, 1.165) is 18.2 Å². The van der Waals surface area contributed by atoms with Gasteiger partial charge in [-0.05, 0) is 55.3 Å². The second kappa shape index (κ2) is 6.52. The first-order chi connectivity index (χ1) is 11.4. The summed E-state index contributed by atoms with van der Waals surface area (Å²) in [5, 5.41) is 7.81. The fourth-order valence-corrected chi connectivity index (χ4v) is 3.17. The Bertz CT molecular complexity index is 1060. The average molecular weight is 385 g/mol. The Morgan fingerprint density at radius 2 is 1.44 bits per heavy atom. The third kappa shape index (κ3) is 4.20. The zero-order valence-corrected chi connectivity index (χ0v) is 14.8. The minimum absolute atomic E-state index is 0.0727. The van der Waals surface area contributed by atoms with Gasteiger partial charge in [0, 0.05) is 0 Å². The zero-order valence-electron chi connectivity index (χ0n) is 13.2. The van der Waals surface area contributed by atoms with Crippen molar-refractivity contribution in [2.45, 2.75) is 23.6 Å². The molecule has 0 atom stereocenters. The number of nitrogens with two attached hydrogens (primary N) is 1. The first-order valence-corrected chi connectivity index (χ1v) is 9.65. The monoisotopic (exact) mass is 385 g/mol. The lowest BCUT2D eigenvalue weighted by molar-refractivity contribution is 0.481. The van der Waals surface area contributed by atoms with Crippen molar-refractivity contribution < 1.29 is 25.9 Å². The molecule has 0 unspecified atom stereocenters. The van der Waals surface area contributed by atoms with E-state index in [0.29, 0.717) is 11.1 Å². The van der Waals surface area contributed by atoms with Gasteiger partial charge in [-0.1, -0.05) is 0 Å². The van der Waals surface area contributed by atoms with Gasteiger partial charge in [0.05, 0.1) is 22.0 Å². The quantitative estimate of drug-likeness (QED) is 0.414. The van der Waals surface area contributed by atoms with Crippen molar-refractivity contribution in [1.29, 1.82) is 0 Å². The van der Waals surface area contributed by atoms with Crippen LogP contribution >= 0.6 is 0 Å². The van der Waals surface area contributed by atoms with Gasteiger partial charge in [-0.3, -0.25) is 9.11 Å². The van der Waals surface area contributed by atoms with Gasteiger partial charge in [0.25, 0.3) is 20.2 Å². The number of azo groups is 1. The molecule has 0 aromatic heterocycles. The third-order valence-corrected chi connectivity index (χ3v) is 5.33. The molecular formula is C14H15N3O6S2. The molecule has 0 radical (unpaired) electrons.